The van der Waals surface area contributed by atoms with Crippen molar-refractivity contribution in [3.63, 3.8) is 0 Å². The van der Waals surface area contributed by atoms with Crippen LogP contribution in [0.4, 0.5) is 0 Å². The van der Waals surface area contributed by atoms with Crippen molar-refractivity contribution in [3.8, 4) is 0 Å². The summed E-state index contributed by atoms with van der Waals surface area (Å²) in [6.45, 7) is 6.12. The highest BCUT2D eigenvalue weighted by Crippen LogP contribution is 2.27. The molecule has 1 heterocycles. The molecule has 1 saturated heterocycles. The first-order valence-corrected chi connectivity index (χ1v) is 8.02. The summed E-state index contributed by atoms with van der Waals surface area (Å²) in [6, 6.07) is 10.9. The summed E-state index contributed by atoms with van der Waals surface area (Å²) in [5.41, 5.74) is 1.08. The standard InChI is InChI=1S/C18H28N2O.ClH/c1-18(2,12-7-10-15-8-5-4-6-9-15)17(21)20(3)16-11-13-19-14-16;/h4-6,8-9,16,19H,7,10-14H2,1-3H3;1H. The van der Waals surface area contributed by atoms with E-state index in [0.717, 1.165) is 38.8 Å². The Labute approximate surface area is 140 Å². The molecule has 1 N–H and O–H groups in total. The Hall–Kier alpha value is -1.06. The molecule has 0 spiro atoms. The van der Waals surface area contributed by atoms with Crippen LogP contribution in [-0.2, 0) is 11.2 Å². The van der Waals surface area contributed by atoms with Crippen LogP contribution in [0.2, 0.25) is 0 Å². The number of benzene rings is 1. The molecule has 1 fully saturated rings. The van der Waals surface area contributed by atoms with Crippen molar-refractivity contribution in [2.24, 2.45) is 5.41 Å². The van der Waals surface area contributed by atoms with Crippen molar-refractivity contribution in [2.45, 2.75) is 45.6 Å². The van der Waals surface area contributed by atoms with Crippen molar-refractivity contribution < 1.29 is 4.79 Å². The van der Waals surface area contributed by atoms with Crippen molar-refractivity contribution in [1.82, 2.24) is 10.2 Å². The Kier molecular flexibility index (Phi) is 7.37. The molecular weight excluding hydrogens is 296 g/mol. The third kappa shape index (κ3) is 4.99. The number of rotatable bonds is 6. The second-order valence-electron chi connectivity index (χ2n) is 6.79. The monoisotopic (exact) mass is 324 g/mol. The van der Waals surface area contributed by atoms with E-state index >= 15 is 0 Å². The van der Waals surface area contributed by atoms with Crippen LogP contribution in [0.5, 0.6) is 0 Å². The summed E-state index contributed by atoms with van der Waals surface area (Å²) in [4.78, 5) is 14.7. The normalized spacial score (nSPS) is 17.9. The van der Waals surface area contributed by atoms with Gasteiger partial charge in [0.1, 0.15) is 0 Å². The van der Waals surface area contributed by atoms with Gasteiger partial charge in [0.2, 0.25) is 5.91 Å². The van der Waals surface area contributed by atoms with E-state index in [9.17, 15) is 4.79 Å². The molecule has 0 bridgehead atoms. The summed E-state index contributed by atoms with van der Waals surface area (Å²) < 4.78 is 0. The van der Waals surface area contributed by atoms with Gasteiger partial charge < -0.3 is 10.2 Å². The van der Waals surface area contributed by atoms with Crippen LogP contribution in [0.25, 0.3) is 0 Å². The van der Waals surface area contributed by atoms with Gasteiger partial charge in [0.15, 0.2) is 0 Å². The number of hydrogen-bond donors (Lipinski definition) is 1. The molecule has 0 radical (unpaired) electrons. The van der Waals surface area contributed by atoms with E-state index in [-0.39, 0.29) is 23.7 Å². The summed E-state index contributed by atoms with van der Waals surface area (Å²) in [5.74, 6) is 0.282. The van der Waals surface area contributed by atoms with E-state index < -0.39 is 0 Å². The minimum Gasteiger partial charge on any atom is -0.341 e. The molecule has 22 heavy (non-hydrogen) atoms. The lowest BCUT2D eigenvalue weighted by atomic mass is 9.84. The van der Waals surface area contributed by atoms with Gasteiger partial charge in [-0.05, 0) is 37.8 Å². The predicted molar refractivity (Wildman–Crippen MR) is 94.5 cm³/mol. The highest BCUT2D eigenvalue weighted by atomic mass is 35.5. The summed E-state index contributed by atoms with van der Waals surface area (Å²) in [7, 11) is 1.96. The number of amides is 1. The lowest BCUT2D eigenvalue weighted by Crippen LogP contribution is -2.45. The first kappa shape index (κ1) is 19.0. The molecule has 124 valence electrons. The first-order chi connectivity index (χ1) is 10.0. The van der Waals surface area contributed by atoms with Crippen molar-refractivity contribution in [2.75, 3.05) is 20.1 Å². The molecule has 0 aromatic heterocycles. The molecule has 3 nitrogen and oxygen atoms in total. The van der Waals surface area contributed by atoms with Crippen molar-refractivity contribution in [1.29, 1.82) is 0 Å². The summed E-state index contributed by atoms with van der Waals surface area (Å²) in [6.07, 6.45) is 4.11. The number of carbonyl (C=O) groups excluding carboxylic acids is 1. The molecule has 4 heteroatoms. The Bertz CT molecular complexity index is 455. The molecule has 1 aromatic carbocycles. The van der Waals surface area contributed by atoms with Gasteiger partial charge in [-0.2, -0.15) is 0 Å². The van der Waals surface area contributed by atoms with Crippen LogP contribution in [-0.4, -0.2) is 37.0 Å². The number of carbonyl (C=O) groups is 1. The topological polar surface area (TPSA) is 32.3 Å². The van der Waals surface area contributed by atoms with Gasteiger partial charge in [0, 0.05) is 25.0 Å². The largest absolute Gasteiger partial charge is 0.341 e. The van der Waals surface area contributed by atoms with Gasteiger partial charge in [-0.15, -0.1) is 12.4 Å². The molecule has 1 amide bonds. The van der Waals surface area contributed by atoms with E-state index in [0.29, 0.717) is 6.04 Å². The zero-order chi connectivity index (χ0) is 15.3. The fourth-order valence-corrected chi connectivity index (χ4v) is 3.10. The average Bonchev–Trinajstić information content (AvgIpc) is 3.01. The molecule has 0 saturated carbocycles. The molecule has 1 atom stereocenters. The van der Waals surface area contributed by atoms with Gasteiger partial charge >= 0.3 is 0 Å². The summed E-state index contributed by atoms with van der Waals surface area (Å²) in [5, 5.41) is 3.33. The number of nitrogens with zero attached hydrogens (tertiary/aromatic N) is 1. The van der Waals surface area contributed by atoms with E-state index in [2.05, 4.69) is 43.4 Å². The number of likely N-dealkylation sites (N-methyl/N-ethyl adjacent to an activating group) is 1. The fraction of sp³-hybridized carbons (Fsp3) is 0.611. The van der Waals surface area contributed by atoms with Gasteiger partial charge in [0.25, 0.3) is 0 Å². The van der Waals surface area contributed by atoms with Gasteiger partial charge in [0.05, 0.1) is 0 Å². The number of halogens is 1. The quantitative estimate of drug-likeness (QED) is 0.871. The first-order valence-electron chi connectivity index (χ1n) is 8.02. The molecule has 1 aliphatic heterocycles. The lowest BCUT2D eigenvalue weighted by Gasteiger charge is -2.33. The van der Waals surface area contributed by atoms with E-state index in [4.69, 9.17) is 0 Å². The maximum Gasteiger partial charge on any atom is 0.228 e. The van der Waals surface area contributed by atoms with Crippen LogP contribution in [0.3, 0.4) is 0 Å². The third-order valence-corrected chi connectivity index (χ3v) is 4.59. The average molecular weight is 325 g/mol. The second kappa shape index (κ2) is 8.54. The van der Waals surface area contributed by atoms with Gasteiger partial charge in [-0.3, -0.25) is 4.79 Å². The molecule has 1 aliphatic rings. The SMILES string of the molecule is CN(C(=O)C(C)(C)CCCc1ccccc1)C1CCNC1.Cl. The Morgan fingerprint density at radius 1 is 1.32 bits per heavy atom. The van der Waals surface area contributed by atoms with Crippen LogP contribution in [0.1, 0.15) is 38.7 Å². The van der Waals surface area contributed by atoms with Gasteiger partial charge in [-0.25, -0.2) is 0 Å². The van der Waals surface area contributed by atoms with Gasteiger partial charge in [-0.1, -0.05) is 44.2 Å². The summed E-state index contributed by atoms with van der Waals surface area (Å²) >= 11 is 0. The second-order valence-corrected chi connectivity index (χ2v) is 6.79. The highest BCUT2D eigenvalue weighted by Gasteiger charge is 2.33. The molecule has 2 rings (SSSR count). The maximum atomic E-state index is 12.7. The van der Waals surface area contributed by atoms with Crippen LogP contribution < -0.4 is 5.32 Å². The molecule has 1 aromatic rings. The Morgan fingerprint density at radius 3 is 2.59 bits per heavy atom. The van der Waals surface area contributed by atoms with E-state index in [1.54, 1.807) is 0 Å². The molecule has 0 aliphatic carbocycles. The van der Waals surface area contributed by atoms with Crippen LogP contribution in [0.15, 0.2) is 30.3 Å². The fourth-order valence-electron chi connectivity index (χ4n) is 3.10. The Balaban J connectivity index is 0.00000242. The maximum absolute atomic E-state index is 12.7. The van der Waals surface area contributed by atoms with Crippen LogP contribution >= 0.6 is 12.4 Å². The number of hydrogen-bond acceptors (Lipinski definition) is 2. The van der Waals surface area contributed by atoms with E-state index in [1.165, 1.54) is 5.56 Å². The minimum absolute atomic E-state index is 0. The predicted octanol–water partition coefficient (Wildman–Crippen LogP) is 3.28. The lowest BCUT2D eigenvalue weighted by molar-refractivity contribution is -0.141. The zero-order valence-electron chi connectivity index (χ0n) is 14.0. The third-order valence-electron chi connectivity index (χ3n) is 4.59. The van der Waals surface area contributed by atoms with E-state index in [1.807, 2.05) is 18.0 Å². The van der Waals surface area contributed by atoms with Crippen molar-refractivity contribution >= 4 is 18.3 Å². The zero-order valence-corrected chi connectivity index (χ0v) is 14.8. The van der Waals surface area contributed by atoms with Crippen LogP contribution in [0, 0.1) is 5.41 Å². The smallest absolute Gasteiger partial charge is 0.228 e. The number of aryl methyl sites for hydroxylation is 1. The van der Waals surface area contributed by atoms with Crippen molar-refractivity contribution in [3.05, 3.63) is 35.9 Å². The number of nitrogens with one attached hydrogen (secondary N) is 1. The Morgan fingerprint density at radius 2 is 2.00 bits per heavy atom. The molecule has 1 unspecified atom stereocenters. The minimum atomic E-state index is -0.272. The highest BCUT2D eigenvalue weighted by molar-refractivity contribution is 5.85. The molecular formula is C18H29ClN2O.